The lowest BCUT2D eigenvalue weighted by Crippen LogP contribution is -2.29. The van der Waals surface area contributed by atoms with E-state index in [-0.39, 0.29) is 18.3 Å². The predicted octanol–water partition coefficient (Wildman–Crippen LogP) is 1.52. The predicted molar refractivity (Wildman–Crippen MR) is 54.3 cm³/mol. The molecular weight excluding hydrogens is 190 g/mol. The highest BCUT2D eigenvalue weighted by Gasteiger charge is 2.19. The average Bonchev–Trinajstić information content (AvgIpc) is 2.06. The van der Waals surface area contributed by atoms with Crippen molar-refractivity contribution in [1.82, 2.24) is 5.32 Å². The summed E-state index contributed by atoms with van der Waals surface area (Å²) in [4.78, 5) is 10.6. The normalized spacial score (nSPS) is 20.4. The van der Waals surface area contributed by atoms with E-state index >= 15 is 0 Å². The molecule has 0 spiro atoms. The summed E-state index contributed by atoms with van der Waals surface area (Å²) in [6.07, 6.45) is 3.12. The van der Waals surface area contributed by atoms with Gasteiger partial charge in [-0.05, 0) is 38.3 Å². The van der Waals surface area contributed by atoms with Gasteiger partial charge in [0.25, 0.3) is 0 Å². The number of rotatable bonds is 3. The molecule has 0 radical (unpaired) electrons. The van der Waals surface area contributed by atoms with E-state index in [9.17, 15) is 4.79 Å². The minimum Gasteiger partial charge on any atom is -0.481 e. The van der Waals surface area contributed by atoms with E-state index in [0.717, 1.165) is 32.4 Å². The first kappa shape index (κ1) is 12.7. The molecule has 1 aliphatic rings. The van der Waals surface area contributed by atoms with Crippen molar-refractivity contribution in [2.75, 3.05) is 13.1 Å². The van der Waals surface area contributed by atoms with E-state index < -0.39 is 5.97 Å². The average molecular weight is 208 g/mol. The fourth-order valence-electron chi connectivity index (χ4n) is 1.72. The van der Waals surface area contributed by atoms with Crippen molar-refractivity contribution in [2.45, 2.75) is 26.2 Å². The van der Waals surface area contributed by atoms with Crippen molar-refractivity contribution < 1.29 is 9.90 Å². The minimum absolute atomic E-state index is 0. The summed E-state index contributed by atoms with van der Waals surface area (Å²) in [7, 11) is 0. The van der Waals surface area contributed by atoms with E-state index in [1.807, 2.05) is 0 Å². The van der Waals surface area contributed by atoms with Crippen LogP contribution in [0.1, 0.15) is 26.2 Å². The first-order chi connectivity index (χ1) is 5.70. The number of hydrogen-bond acceptors (Lipinski definition) is 2. The quantitative estimate of drug-likeness (QED) is 0.738. The molecule has 1 saturated heterocycles. The Hall–Kier alpha value is -0.280. The molecule has 4 heteroatoms. The van der Waals surface area contributed by atoms with Gasteiger partial charge in [0.2, 0.25) is 0 Å². The lowest BCUT2D eigenvalue weighted by molar-refractivity contribution is -0.141. The van der Waals surface area contributed by atoms with Crippen molar-refractivity contribution in [3.8, 4) is 0 Å². The molecule has 1 fully saturated rings. The Morgan fingerprint density at radius 1 is 1.54 bits per heavy atom. The van der Waals surface area contributed by atoms with Gasteiger partial charge in [0, 0.05) is 0 Å². The third-order valence-electron chi connectivity index (χ3n) is 2.57. The third-order valence-corrected chi connectivity index (χ3v) is 2.57. The first-order valence-electron chi connectivity index (χ1n) is 4.63. The Balaban J connectivity index is 0.00000144. The summed E-state index contributed by atoms with van der Waals surface area (Å²) in [5.41, 5.74) is 0. The van der Waals surface area contributed by atoms with Gasteiger partial charge in [-0.3, -0.25) is 4.79 Å². The Morgan fingerprint density at radius 2 is 2.08 bits per heavy atom. The van der Waals surface area contributed by atoms with Crippen LogP contribution in [-0.4, -0.2) is 24.2 Å². The number of nitrogens with one attached hydrogen (secondary N) is 1. The van der Waals surface area contributed by atoms with Crippen LogP contribution in [-0.2, 0) is 4.79 Å². The molecule has 78 valence electrons. The van der Waals surface area contributed by atoms with Crippen LogP contribution in [0.25, 0.3) is 0 Å². The van der Waals surface area contributed by atoms with Crippen molar-refractivity contribution >= 4 is 18.4 Å². The van der Waals surface area contributed by atoms with E-state index in [2.05, 4.69) is 5.32 Å². The van der Waals surface area contributed by atoms with Gasteiger partial charge in [-0.25, -0.2) is 0 Å². The Labute approximate surface area is 85.3 Å². The number of piperidine rings is 1. The molecule has 3 nitrogen and oxygen atoms in total. The molecule has 1 atom stereocenters. The number of carbonyl (C=O) groups is 1. The highest BCUT2D eigenvalue weighted by atomic mass is 35.5. The van der Waals surface area contributed by atoms with E-state index in [1.165, 1.54) is 0 Å². The van der Waals surface area contributed by atoms with Gasteiger partial charge in [0.15, 0.2) is 0 Å². The van der Waals surface area contributed by atoms with Crippen LogP contribution in [0.3, 0.4) is 0 Å². The molecule has 0 unspecified atom stereocenters. The molecule has 1 aliphatic heterocycles. The lowest BCUT2D eigenvalue weighted by atomic mass is 9.89. The second-order valence-corrected chi connectivity index (χ2v) is 3.67. The summed E-state index contributed by atoms with van der Waals surface area (Å²) in [5, 5.41) is 12.0. The molecular formula is C9H18ClNO2. The monoisotopic (exact) mass is 207 g/mol. The number of carboxylic acid groups (broad SMARTS) is 1. The molecule has 1 heterocycles. The molecule has 0 aromatic rings. The van der Waals surface area contributed by atoms with E-state index in [0.29, 0.717) is 5.92 Å². The van der Waals surface area contributed by atoms with Gasteiger partial charge in [-0.15, -0.1) is 12.4 Å². The first-order valence-corrected chi connectivity index (χ1v) is 4.63. The topological polar surface area (TPSA) is 49.3 Å². The summed E-state index contributed by atoms with van der Waals surface area (Å²) >= 11 is 0. The molecule has 1 rings (SSSR count). The number of hydrogen-bond donors (Lipinski definition) is 2. The van der Waals surface area contributed by atoms with Crippen LogP contribution in [0.15, 0.2) is 0 Å². The number of halogens is 1. The zero-order chi connectivity index (χ0) is 8.97. The third kappa shape index (κ3) is 4.48. The standard InChI is InChI=1S/C9H17NO2.ClH/c1-7(9(11)12)6-8-2-4-10-5-3-8;/h7-8,10H,2-6H2,1H3,(H,11,12);1H/t7-;/m1./s1. The van der Waals surface area contributed by atoms with Crippen LogP contribution in [0.5, 0.6) is 0 Å². The highest BCUT2D eigenvalue weighted by molar-refractivity contribution is 5.85. The molecule has 0 aromatic carbocycles. The van der Waals surface area contributed by atoms with Crippen molar-refractivity contribution in [3.63, 3.8) is 0 Å². The van der Waals surface area contributed by atoms with Crippen molar-refractivity contribution in [2.24, 2.45) is 11.8 Å². The van der Waals surface area contributed by atoms with Crippen LogP contribution in [0.2, 0.25) is 0 Å². The molecule has 0 bridgehead atoms. The molecule has 0 aliphatic carbocycles. The lowest BCUT2D eigenvalue weighted by Gasteiger charge is -2.23. The summed E-state index contributed by atoms with van der Waals surface area (Å²) in [5.74, 6) is -0.209. The van der Waals surface area contributed by atoms with Gasteiger partial charge in [-0.1, -0.05) is 6.92 Å². The van der Waals surface area contributed by atoms with Crippen molar-refractivity contribution in [3.05, 3.63) is 0 Å². The Kier molecular flexibility index (Phi) is 6.08. The minimum atomic E-state index is -0.659. The van der Waals surface area contributed by atoms with Crippen LogP contribution < -0.4 is 5.32 Å². The van der Waals surface area contributed by atoms with Crippen LogP contribution in [0, 0.1) is 11.8 Å². The van der Waals surface area contributed by atoms with Gasteiger partial charge < -0.3 is 10.4 Å². The molecule has 2 N–H and O–H groups in total. The van der Waals surface area contributed by atoms with Crippen molar-refractivity contribution in [1.29, 1.82) is 0 Å². The smallest absolute Gasteiger partial charge is 0.306 e. The van der Waals surface area contributed by atoms with Gasteiger partial charge in [0.05, 0.1) is 5.92 Å². The van der Waals surface area contributed by atoms with Gasteiger partial charge >= 0.3 is 5.97 Å². The summed E-state index contributed by atoms with van der Waals surface area (Å²) in [6.45, 7) is 3.90. The Bertz CT molecular complexity index is 158. The van der Waals surface area contributed by atoms with Crippen LogP contribution >= 0.6 is 12.4 Å². The van der Waals surface area contributed by atoms with Crippen LogP contribution in [0.4, 0.5) is 0 Å². The maximum Gasteiger partial charge on any atom is 0.306 e. The molecule has 13 heavy (non-hydrogen) atoms. The van der Waals surface area contributed by atoms with E-state index in [4.69, 9.17) is 5.11 Å². The largest absolute Gasteiger partial charge is 0.481 e. The zero-order valence-electron chi connectivity index (χ0n) is 7.95. The summed E-state index contributed by atoms with van der Waals surface area (Å²) < 4.78 is 0. The highest BCUT2D eigenvalue weighted by Crippen LogP contribution is 2.20. The number of aliphatic carboxylic acids is 1. The van der Waals surface area contributed by atoms with Gasteiger partial charge in [0.1, 0.15) is 0 Å². The second-order valence-electron chi connectivity index (χ2n) is 3.67. The summed E-state index contributed by atoms with van der Waals surface area (Å²) in [6, 6.07) is 0. The van der Waals surface area contributed by atoms with E-state index in [1.54, 1.807) is 6.92 Å². The fraction of sp³-hybridized carbons (Fsp3) is 0.889. The van der Waals surface area contributed by atoms with Gasteiger partial charge in [-0.2, -0.15) is 0 Å². The Morgan fingerprint density at radius 3 is 2.54 bits per heavy atom. The SMILES string of the molecule is C[C@H](CC1CCNCC1)C(=O)O.Cl. The maximum atomic E-state index is 10.6. The number of carboxylic acids is 1. The molecule has 0 aromatic heterocycles. The zero-order valence-corrected chi connectivity index (χ0v) is 8.77. The fourth-order valence-corrected chi connectivity index (χ4v) is 1.72. The second kappa shape index (κ2) is 6.22. The molecule has 0 amide bonds. The maximum absolute atomic E-state index is 10.6. The molecule has 0 saturated carbocycles.